The fraction of sp³-hybridized carbons (Fsp3) is 0.800. The van der Waals surface area contributed by atoms with Gasteiger partial charge in [-0.25, -0.2) is 12.3 Å². The summed E-state index contributed by atoms with van der Waals surface area (Å²) >= 11 is 0. The average molecular weight is 185 g/mol. The molecule has 0 aromatic carbocycles. The molecule has 0 atom stereocenters. The van der Waals surface area contributed by atoms with Crippen LogP contribution >= 0.6 is 0 Å². The number of carbonyl (C=O) groups is 1. The van der Waals surface area contributed by atoms with Gasteiger partial charge in [-0.15, -0.1) is 0 Å². The standard InChI is InChI=1S/C5H10F3NOSi/c1-5(10)9-3-2-4-11(6,7)8/h2-4H2,1H3,(H,9,10). The van der Waals surface area contributed by atoms with Gasteiger partial charge in [-0.1, -0.05) is 0 Å². The van der Waals surface area contributed by atoms with Crippen molar-refractivity contribution in [2.75, 3.05) is 6.54 Å². The molecular formula is C5H10F3NOSi. The molecular weight excluding hydrogens is 175 g/mol. The summed E-state index contributed by atoms with van der Waals surface area (Å²) in [4.78, 5) is 10.2. The van der Waals surface area contributed by atoms with Crippen LogP contribution in [0.25, 0.3) is 0 Å². The van der Waals surface area contributed by atoms with Crippen molar-refractivity contribution >= 4 is 15.0 Å². The Balaban J connectivity index is 3.22. The van der Waals surface area contributed by atoms with E-state index in [0.29, 0.717) is 0 Å². The largest absolute Gasteiger partial charge is 0.616 e. The minimum Gasteiger partial charge on any atom is -0.356 e. The Bertz CT molecular complexity index is 136. The summed E-state index contributed by atoms with van der Waals surface area (Å²) in [5.74, 6) is -0.283. The Morgan fingerprint density at radius 1 is 1.45 bits per heavy atom. The Morgan fingerprint density at radius 2 is 2.00 bits per heavy atom. The van der Waals surface area contributed by atoms with Crippen molar-refractivity contribution in [2.45, 2.75) is 19.4 Å². The average Bonchev–Trinajstić information content (AvgIpc) is 1.78. The maximum atomic E-state index is 11.6. The smallest absolute Gasteiger partial charge is 0.356 e. The molecule has 0 saturated carbocycles. The Morgan fingerprint density at radius 3 is 2.36 bits per heavy atom. The van der Waals surface area contributed by atoms with Crippen LogP contribution in [0, 0.1) is 0 Å². The van der Waals surface area contributed by atoms with Crippen molar-refractivity contribution in [2.24, 2.45) is 0 Å². The van der Waals surface area contributed by atoms with Crippen LogP contribution in [-0.4, -0.2) is 21.5 Å². The predicted molar refractivity (Wildman–Crippen MR) is 37.2 cm³/mol. The van der Waals surface area contributed by atoms with Crippen LogP contribution in [0.15, 0.2) is 0 Å². The Hall–Kier alpha value is -0.523. The first-order valence-corrected chi connectivity index (χ1v) is 5.07. The summed E-state index contributed by atoms with van der Waals surface area (Å²) in [6.45, 7) is 1.41. The van der Waals surface area contributed by atoms with Gasteiger partial charge in [0.15, 0.2) is 0 Å². The second-order valence-corrected chi connectivity index (χ2v) is 3.93. The molecule has 0 aliphatic carbocycles. The number of nitrogens with one attached hydrogen (secondary N) is 1. The molecule has 0 aromatic heterocycles. The molecule has 0 heterocycles. The summed E-state index contributed by atoms with van der Waals surface area (Å²) in [7, 11) is -5.38. The third-order valence-electron chi connectivity index (χ3n) is 1.01. The molecule has 0 bridgehead atoms. The van der Waals surface area contributed by atoms with E-state index in [9.17, 15) is 17.1 Å². The Labute approximate surface area is 64.3 Å². The summed E-state index contributed by atoms with van der Waals surface area (Å²) in [6.07, 6.45) is 0.00923. The first-order chi connectivity index (χ1) is 4.92. The first kappa shape index (κ1) is 10.5. The minimum absolute atomic E-state index is 0.00923. The summed E-state index contributed by atoms with van der Waals surface area (Å²) in [5.41, 5.74) is 0. The molecule has 0 aliphatic heterocycles. The fourth-order valence-electron chi connectivity index (χ4n) is 0.553. The quantitative estimate of drug-likeness (QED) is 0.400. The topological polar surface area (TPSA) is 29.1 Å². The highest BCUT2D eigenvalue weighted by Crippen LogP contribution is 2.15. The van der Waals surface area contributed by atoms with E-state index < -0.39 is 15.1 Å². The van der Waals surface area contributed by atoms with Crippen LogP contribution in [0.2, 0.25) is 6.04 Å². The zero-order valence-corrected chi connectivity index (χ0v) is 7.16. The first-order valence-electron chi connectivity index (χ1n) is 3.23. The zero-order chi connectivity index (χ0) is 8.91. The van der Waals surface area contributed by atoms with Gasteiger partial charge in [0.1, 0.15) is 0 Å². The molecule has 0 unspecified atom stereocenters. The van der Waals surface area contributed by atoms with Gasteiger partial charge in [-0.2, -0.15) is 0 Å². The summed E-state index contributed by atoms with van der Waals surface area (Å²) < 4.78 is 34.8. The molecule has 11 heavy (non-hydrogen) atoms. The highest BCUT2D eigenvalue weighted by molar-refractivity contribution is 6.58. The van der Waals surface area contributed by atoms with Crippen LogP contribution in [0.1, 0.15) is 13.3 Å². The minimum atomic E-state index is -5.38. The molecule has 1 N–H and O–H groups in total. The van der Waals surface area contributed by atoms with E-state index in [1.807, 2.05) is 0 Å². The van der Waals surface area contributed by atoms with E-state index in [2.05, 4.69) is 5.32 Å². The summed E-state index contributed by atoms with van der Waals surface area (Å²) in [6, 6.07) is -0.701. The van der Waals surface area contributed by atoms with E-state index in [4.69, 9.17) is 0 Å². The molecule has 0 rings (SSSR count). The predicted octanol–water partition coefficient (Wildman–Crippen LogP) is 1.36. The van der Waals surface area contributed by atoms with E-state index in [0.717, 1.165) is 0 Å². The van der Waals surface area contributed by atoms with E-state index in [-0.39, 0.29) is 18.9 Å². The van der Waals surface area contributed by atoms with Crippen LogP contribution in [0.3, 0.4) is 0 Å². The molecule has 6 heteroatoms. The Kier molecular flexibility index (Phi) is 4.17. The van der Waals surface area contributed by atoms with Crippen LogP contribution < -0.4 is 5.32 Å². The lowest BCUT2D eigenvalue weighted by Crippen LogP contribution is -2.23. The molecule has 2 nitrogen and oxygen atoms in total. The SMILES string of the molecule is CC(=O)NCCC[Si](F)(F)F. The van der Waals surface area contributed by atoms with Crippen LogP contribution in [0.4, 0.5) is 12.3 Å². The number of halogens is 3. The van der Waals surface area contributed by atoms with Crippen molar-refractivity contribution in [3.05, 3.63) is 0 Å². The second-order valence-electron chi connectivity index (χ2n) is 2.20. The lowest BCUT2D eigenvalue weighted by Gasteiger charge is -2.02. The van der Waals surface area contributed by atoms with Gasteiger partial charge in [0.25, 0.3) is 0 Å². The molecule has 1 amide bonds. The summed E-state index contributed by atoms with van der Waals surface area (Å²) in [5, 5.41) is 2.30. The number of rotatable bonds is 4. The zero-order valence-electron chi connectivity index (χ0n) is 6.16. The number of amides is 1. The van der Waals surface area contributed by atoms with Gasteiger partial charge in [0, 0.05) is 19.5 Å². The van der Waals surface area contributed by atoms with Crippen molar-refractivity contribution in [3.8, 4) is 0 Å². The normalized spacial score (nSPS) is 11.3. The van der Waals surface area contributed by atoms with Crippen molar-refractivity contribution in [1.29, 1.82) is 0 Å². The number of hydrogen-bond acceptors (Lipinski definition) is 1. The highest BCUT2D eigenvalue weighted by Gasteiger charge is 2.35. The van der Waals surface area contributed by atoms with Crippen LogP contribution in [-0.2, 0) is 4.79 Å². The maximum absolute atomic E-state index is 11.6. The van der Waals surface area contributed by atoms with Gasteiger partial charge < -0.3 is 5.32 Å². The fourth-order valence-corrected chi connectivity index (χ4v) is 1.13. The molecule has 66 valence electrons. The lowest BCUT2D eigenvalue weighted by molar-refractivity contribution is -0.118. The van der Waals surface area contributed by atoms with Crippen LogP contribution in [0.5, 0.6) is 0 Å². The van der Waals surface area contributed by atoms with Gasteiger partial charge in [-0.3, -0.25) is 4.79 Å². The molecule has 0 aromatic rings. The highest BCUT2D eigenvalue weighted by atomic mass is 28.5. The van der Waals surface area contributed by atoms with Gasteiger partial charge >= 0.3 is 9.08 Å². The number of hydrogen-bond donors (Lipinski definition) is 1. The second kappa shape index (κ2) is 4.37. The van der Waals surface area contributed by atoms with Crippen molar-refractivity contribution in [3.63, 3.8) is 0 Å². The van der Waals surface area contributed by atoms with E-state index in [1.54, 1.807) is 0 Å². The molecule has 0 fully saturated rings. The van der Waals surface area contributed by atoms with Gasteiger partial charge in [0.05, 0.1) is 0 Å². The van der Waals surface area contributed by atoms with Gasteiger partial charge in [-0.05, 0) is 6.42 Å². The third kappa shape index (κ3) is 9.48. The lowest BCUT2D eigenvalue weighted by atomic mass is 10.5. The molecule has 0 aliphatic rings. The molecule has 0 spiro atoms. The van der Waals surface area contributed by atoms with Crippen molar-refractivity contribution in [1.82, 2.24) is 5.32 Å². The maximum Gasteiger partial charge on any atom is 0.616 e. The molecule has 0 radical (unpaired) electrons. The van der Waals surface area contributed by atoms with E-state index in [1.165, 1.54) is 6.92 Å². The van der Waals surface area contributed by atoms with Crippen molar-refractivity contribution < 1.29 is 17.1 Å². The van der Waals surface area contributed by atoms with Gasteiger partial charge in [0.2, 0.25) is 5.91 Å². The van der Waals surface area contributed by atoms with E-state index >= 15 is 0 Å². The molecule has 0 saturated heterocycles. The monoisotopic (exact) mass is 185 g/mol. The third-order valence-corrected chi connectivity index (χ3v) is 1.93. The number of carbonyl (C=O) groups excluding carboxylic acids is 1.